The number of hydrogen-bond donors (Lipinski definition) is 2. The fraction of sp³-hybridized carbons (Fsp3) is 0.846. The Morgan fingerprint density at radius 3 is 2.37 bits per heavy atom. The number of amides is 2. The van der Waals surface area contributed by atoms with Gasteiger partial charge < -0.3 is 20.0 Å². The fourth-order valence-electron chi connectivity index (χ4n) is 3.03. The summed E-state index contributed by atoms with van der Waals surface area (Å²) in [6.07, 6.45) is 0.776. The summed E-state index contributed by atoms with van der Waals surface area (Å²) in [5, 5.41) is 18.8. The van der Waals surface area contributed by atoms with Gasteiger partial charge >= 0.3 is 12.0 Å². The number of urea groups is 1. The molecule has 0 saturated carbocycles. The van der Waals surface area contributed by atoms with E-state index in [2.05, 4.69) is 0 Å². The molecule has 6 heteroatoms. The summed E-state index contributed by atoms with van der Waals surface area (Å²) in [6.45, 7) is 5.32. The van der Waals surface area contributed by atoms with Crippen LogP contribution in [-0.2, 0) is 4.79 Å². The van der Waals surface area contributed by atoms with Crippen molar-refractivity contribution in [3.05, 3.63) is 0 Å². The number of likely N-dealkylation sites (tertiary alicyclic amines) is 2. The second-order valence-electron chi connectivity index (χ2n) is 5.73. The van der Waals surface area contributed by atoms with Gasteiger partial charge in [0.2, 0.25) is 0 Å². The second-order valence-corrected chi connectivity index (χ2v) is 5.73. The van der Waals surface area contributed by atoms with E-state index in [1.165, 1.54) is 0 Å². The monoisotopic (exact) mass is 270 g/mol. The third-order valence-corrected chi connectivity index (χ3v) is 4.45. The molecule has 0 bridgehead atoms. The summed E-state index contributed by atoms with van der Waals surface area (Å²) >= 11 is 0. The molecule has 0 aliphatic carbocycles. The van der Waals surface area contributed by atoms with Crippen molar-refractivity contribution in [2.24, 2.45) is 11.8 Å². The van der Waals surface area contributed by atoms with Gasteiger partial charge in [0, 0.05) is 25.7 Å². The molecular formula is C13H22N2O4. The van der Waals surface area contributed by atoms with E-state index in [0.717, 1.165) is 0 Å². The van der Waals surface area contributed by atoms with E-state index >= 15 is 0 Å². The first-order valence-electron chi connectivity index (χ1n) is 6.88. The average molecular weight is 270 g/mol. The Labute approximate surface area is 113 Å². The summed E-state index contributed by atoms with van der Waals surface area (Å²) in [7, 11) is 0. The topological polar surface area (TPSA) is 81.1 Å². The van der Waals surface area contributed by atoms with Crippen molar-refractivity contribution in [1.29, 1.82) is 0 Å². The lowest BCUT2D eigenvalue weighted by molar-refractivity contribution is -0.142. The van der Waals surface area contributed by atoms with Gasteiger partial charge in [-0.1, -0.05) is 6.92 Å². The summed E-state index contributed by atoms with van der Waals surface area (Å²) < 4.78 is 0. The smallest absolute Gasteiger partial charge is 0.320 e. The normalized spacial score (nSPS) is 35.5. The van der Waals surface area contributed by atoms with E-state index in [0.29, 0.717) is 32.5 Å². The van der Waals surface area contributed by atoms with Crippen molar-refractivity contribution >= 4 is 12.0 Å². The Hall–Kier alpha value is -1.30. The third kappa shape index (κ3) is 2.68. The van der Waals surface area contributed by atoms with E-state index in [1.54, 1.807) is 16.7 Å². The predicted molar refractivity (Wildman–Crippen MR) is 68.7 cm³/mol. The molecule has 2 fully saturated rings. The Balaban J connectivity index is 1.99. The first kappa shape index (κ1) is 14.1. The Kier molecular flexibility index (Phi) is 3.99. The number of nitrogens with zero attached hydrogens (tertiary/aromatic N) is 2. The van der Waals surface area contributed by atoms with Gasteiger partial charge in [-0.05, 0) is 25.7 Å². The number of carboxylic acid groups (broad SMARTS) is 1. The van der Waals surface area contributed by atoms with Crippen LogP contribution in [0.4, 0.5) is 4.79 Å². The molecule has 2 heterocycles. The number of aliphatic hydroxyl groups is 1. The molecule has 4 atom stereocenters. The van der Waals surface area contributed by atoms with Gasteiger partial charge in [-0.25, -0.2) is 4.79 Å². The lowest BCUT2D eigenvalue weighted by Crippen LogP contribution is -2.51. The molecule has 0 aromatic rings. The molecule has 0 radical (unpaired) electrons. The molecule has 2 amide bonds. The standard InChI is InChI=1S/C13H22N2O4/c1-8-7-14(5-4-11(8)16)13(19)15-6-3-10(9(15)2)12(17)18/h8-11,16H,3-7H2,1-2H3,(H,17,18). The van der Waals surface area contributed by atoms with Crippen LogP contribution in [0.1, 0.15) is 26.7 Å². The predicted octanol–water partition coefficient (Wildman–Crippen LogP) is 0.604. The molecule has 0 aromatic carbocycles. The van der Waals surface area contributed by atoms with Gasteiger partial charge in [-0.15, -0.1) is 0 Å². The molecule has 0 spiro atoms. The number of piperidine rings is 1. The molecule has 6 nitrogen and oxygen atoms in total. The van der Waals surface area contributed by atoms with E-state index < -0.39 is 11.9 Å². The maximum absolute atomic E-state index is 12.4. The molecule has 4 unspecified atom stereocenters. The third-order valence-electron chi connectivity index (χ3n) is 4.45. The molecule has 108 valence electrons. The highest BCUT2D eigenvalue weighted by atomic mass is 16.4. The van der Waals surface area contributed by atoms with Gasteiger partial charge in [0.25, 0.3) is 0 Å². The van der Waals surface area contributed by atoms with Crippen LogP contribution in [0.25, 0.3) is 0 Å². The van der Waals surface area contributed by atoms with E-state index in [1.807, 2.05) is 6.92 Å². The lowest BCUT2D eigenvalue weighted by Gasteiger charge is -2.37. The number of carbonyl (C=O) groups is 2. The zero-order valence-corrected chi connectivity index (χ0v) is 11.5. The van der Waals surface area contributed by atoms with Crippen molar-refractivity contribution < 1.29 is 19.8 Å². The molecule has 19 heavy (non-hydrogen) atoms. The highest BCUT2D eigenvalue weighted by Gasteiger charge is 2.40. The maximum Gasteiger partial charge on any atom is 0.320 e. The van der Waals surface area contributed by atoms with Crippen molar-refractivity contribution in [1.82, 2.24) is 9.80 Å². The number of aliphatic carboxylic acids is 1. The summed E-state index contributed by atoms with van der Waals surface area (Å²) in [5.74, 6) is -1.21. The largest absolute Gasteiger partial charge is 0.481 e. The molecule has 0 aromatic heterocycles. The van der Waals surface area contributed by atoms with Crippen LogP contribution in [0.15, 0.2) is 0 Å². The minimum atomic E-state index is -0.828. The highest BCUT2D eigenvalue weighted by molar-refractivity contribution is 5.78. The van der Waals surface area contributed by atoms with Crippen LogP contribution in [0.3, 0.4) is 0 Å². The Bertz CT molecular complexity index is 374. The van der Waals surface area contributed by atoms with Crippen LogP contribution >= 0.6 is 0 Å². The molecule has 2 rings (SSSR count). The zero-order valence-electron chi connectivity index (χ0n) is 11.5. The van der Waals surface area contributed by atoms with Crippen LogP contribution in [-0.4, -0.2) is 63.8 Å². The number of carbonyl (C=O) groups excluding carboxylic acids is 1. The fourth-order valence-corrected chi connectivity index (χ4v) is 3.03. The first-order valence-corrected chi connectivity index (χ1v) is 6.88. The van der Waals surface area contributed by atoms with Crippen molar-refractivity contribution in [3.8, 4) is 0 Å². The lowest BCUT2D eigenvalue weighted by atomic mass is 9.97. The van der Waals surface area contributed by atoms with Gasteiger partial charge in [0.1, 0.15) is 0 Å². The SMILES string of the molecule is CC1CN(C(=O)N2CCC(C(=O)O)C2C)CCC1O. The molecule has 2 aliphatic rings. The number of rotatable bonds is 1. The van der Waals surface area contributed by atoms with Gasteiger partial charge in [-0.3, -0.25) is 4.79 Å². The Morgan fingerprint density at radius 2 is 1.84 bits per heavy atom. The van der Waals surface area contributed by atoms with Gasteiger partial charge in [-0.2, -0.15) is 0 Å². The molecule has 2 N–H and O–H groups in total. The zero-order chi connectivity index (χ0) is 14.2. The summed E-state index contributed by atoms with van der Waals surface area (Å²) in [6, 6.07) is -0.345. The Morgan fingerprint density at radius 1 is 1.16 bits per heavy atom. The summed E-state index contributed by atoms with van der Waals surface area (Å²) in [4.78, 5) is 26.9. The van der Waals surface area contributed by atoms with E-state index in [-0.39, 0.29) is 24.1 Å². The van der Waals surface area contributed by atoms with E-state index in [9.17, 15) is 14.7 Å². The van der Waals surface area contributed by atoms with Gasteiger partial charge in [0.15, 0.2) is 0 Å². The van der Waals surface area contributed by atoms with Crippen LogP contribution in [0, 0.1) is 11.8 Å². The van der Waals surface area contributed by atoms with Crippen molar-refractivity contribution in [3.63, 3.8) is 0 Å². The van der Waals surface area contributed by atoms with Crippen molar-refractivity contribution in [2.45, 2.75) is 38.8 Å². The van der Waals surface area contributed by atoms with Crippen molar-refractivity contribution in [2.75, 3.05) is 19.6 Å². The quantitative estimate of drug-likeness (QED) is 0.731. The highest BCUT2D eigenvalue weighted by Crippen LogP contribution is 2.27. The molecular weight excluding hydrogens is 248 g/mol. The average Bonchev–Trinajstić information content (AvgIpc) is 2.74. The molecule has 2 aliphatic heterocycles. The van der Waals surface area contributed by atoms with Gasteiger partial charge in [0.05, 0.1) is 12.0 Å². The first-order chi connectivity index (χ1) is 8.91. The second kappa shape index (κ2) is 5.36. The molecule has 2 saturated heterocycles. The number of aliphatic hydroxyl groups excluding tert-OH is 1. The van der Waals surface area contributed by atoms with Crippen LogP contribution < -0.4 is 0 Å². The minimum Gasteiger partial charge on any atom is -0.481 e. The van der Waals surface area contributed by atoms with Crippen LogP contribution in [0.2, 0.25) is 0 Å². The minimum absolute atomic E-state index is 0.0749. The van der Waals surface area contributed by atoms with E-state index in [4.69, 9.17) is 5.11 Å². The number of hydrogen-bond acceptors (Lipinski definition) is 3. The maximum atomic E-state index is 12.4. The number of carboxylic acids is 1. The van der Waals surface area contributed by atoms with Crippen LogP contribution in [0.5, 0.6) is 0 Å². The summed E-state index contributed by atoms with van der Waals surface area (Å²) in [5.41, 5.74) is 0.